The lowest BCUT2D eigenvalue weighted by atomic mass is 9.86. The molecule has 1 aliphatic heterocycles. The van der Waals surface area contributed by atoms with Gasteiger partial charge in [0.1, 0.15) is 5.54 Å². The second kappa shape index (κ2) is 12.7. The van der Waals surface area contributed by atoms with Gasteiger partial charge in [0.15, 0.2) is 0 Å². The highest BCUT2D eigenvalue weighted by molar-refractivity contribution is 5.85. The maximum absolute atomic E-state index is 12.8. The smallest absolute Gasteiger partial charge is 0.290 e. The molecule has 0 unspecified atom stereocenters. The van der Waals surface area contributed by atoms with E-state index < -0.39 is 5.54 Å². The normalized spacial score (nSPS) is 14.1. The van der Waals surface area contributed by atoms with E-state index in [1.807, 2.05) is 35.4 Å². The maximum Gasteiger partial charge on any atom is 0.290 e. The Morgan fingerprint density at radius 3 is 2.16 bits per heavy atom. The van der Waals surface area contributed by atoms with Gasteiger partial charge in [-0.1, -0.05) is 6.07 Å². The van der Waals surface area contributed by atoms with E-state index in [-0.39, 0.29) is 31.2 Å². The SMILES string of the molecule is CN(C)C(=O)C1(n2cccn2)CCN(C(=O)Cc2ccccn2)CC1.O=CO.O=CO. The molecule has 2 aromatic rings. The van der Waals surface area contributed by atoms with Gasteiger partial charge in [-0.25, -0.2) is 0 Å². The Kier molecular flexibility index (Phi) is 10.4. The van der Waals surface area contributed by atoms with Crippen molar-refractivity contribution in [3.05, 3.63) is 48.5 Å². The summed E-state index contributed by atoms with van der Waals surface area (Å²) in [5, 5.41) is 18.1. The number of carbonyl (C=O) groups excluding carboxylic acids is 2. The van der Waals surface area contributed by atoms with E-state index in [4.69, 9.17) is 19.8 Å². The Hall–Kier alpha value is -3.76. The summed E-state index contributed by atoms with van der Waals surface area (Å²) in [7, 11) is 3.51. The summed E-state index contributed by atoms with van der Waals surface area (Å²) in [6, 6.07) is 7.39. The molecule has 2 aromatic heterocycles. The molecule has 11 heteroatoms. The molecule has 0 saturated carbocycles. The zero-order valence-corrected chi connectivity index (χ0v) is 17.5. The summed E-state index contributed by atoms with van der Waals surface area (Å²) < 4.78 is 1.75. The van der Waals surface area contributed by atoms with E-state index in [1.165, 1.54) is 0 Å². The predicted molar refractivity (Wildman–Crippen MR) is 110 cm³/mol. The van der Waals surface area contributed by atoms with E-state index in [0.29, 0.717) is 25.9 Å². The number of carboxylic acid groups (broad SMARTS) is 2. The van der Waals surface area contributed by atoms with Crippen molar-refractivity contribution in [2.24, 2.45) is 0 Å². The predicted octanol–water partition coefficient (Wildman–Crippen LogP) is 0.328. The summed E-state index contributed by atoms with van der Waals surface area (Å²) in [6.07, 6.45) is 6.60. The first-order chi connectivity index (χ1) is 14.9. The Morgan fingerprint density at radius 1 is 1.10 bits per heavy atom. The fourth-order valence-electron chi connectivity index (χ4n) is 3.37. The van der Waals surface area contributed by atoms with Crippen molar-refractivity contribution in [3.63, 3.8) is 0 Å². The third kappa shape index (κ3) is 6.91. The summed E-state index contributed by atoms with van der Waals surface area (Å²) in [5.74, 6) is 0.0677. The third-order valence-corrected chi connectivity index (χ3v) is 4.75. The lowest BCUT2D eigenvalue weighted by molar-refractivity contribution is -0.145. The van der Waals surface area contributed by atoms with E-state index in [0.717, 1.165) is 5.69 Å². The maximum atomic E-state index is 12.8. The minimum Gasteiger partial charge on any atom is -0.483 e. The molecular weight excluding hydrogens is 406 g/mol. The molecule has 168 valence electrons. The van der Waals surface area contributed by atoms with Crippen LogP contribution in [0.4, 0.5) is 0 Å². The first-order valence-electron chi connectivity index (χ1n) is 9.41. The molecule has 0 bridgehead atoms. The molecular formula is C20H27N5O6. The number of aromatic nitrogens is 3. The molecule has 0 aromatic carbocycles. The first kappa shape index (κ1) is 25.3. The molecule has 3 heterocycles. The molecule has 0 atom stereocenters. The summed E-state index contributed by atoms with van der Waals surface area (Å²) in [4.78, 5) is 49.7. The van der Waals surface area contributed by atoms with Crippen molar-refractivity contribution in [3.8, 4) is 0 Å². The van der Waals surface area contributed by atoms with Crippen molar-refractivity contribution in [2.45, 2.75) is 24.8 Å². The molecule has 11 nitrogen and oxygen atoms in total. The molecule has 31 heavy (non-hydrogen) atoms. The number of hydrogen-bond acceptors (Lipinski definition) is 6. The van der Waals surface area contributed by atoms with Gasteiger partial charge in [-0.15, -0.1) is 0 Å². The van der Waals surface area contributed by atoms with Gasteiger partial charge in [-0.2, -0.15) is 5.10 Å². The van der Waals surface area contributed by atoms with Crippen molar-refractivity contribution in [1.82, 2.24) is 24.6 Å². The largest absolute Gasteiger partial charge is 0.483 e. The van der Waals surface area contributed by atoms with Crippen LogP contribution in [0, 0.1) is 0 Å². The van der Waals surface area contributed by atoms with Crippen LogP contribution >= 0.6 is 0 Å². The van der Waals surface area contributed by atoms with Gasteiger partial charge >= 0.3 is 0 Å². The highest BCUT2D eigenvalue weighted by Crippen LogP contribution is 2.31. The quantitative estimate of drug-likeness (QED) is 0.656. The molecule has 1 fully saturated rings. The van der Waals surface area contributed by atoms with Crippen LogP contribution in [0.25, 0.3) is 0 Å². The number of likely N-dealkylation sites (N-methyl/N-ethyl adjacent to an activating group) is 1. The molecule has 0 spiro atoms. The van der Waals surface area contributed by atoms with Crippen molar-refractivity contribution >= 4 is 24.8 Å². The van der Waals surface area contributed by atoms with E-state index >= 15 is 0 Å². The number of amides is 2. The van der Waals surface area contributed by atoms with E-state index in [9.17, 15) is 9.59 Å². The number of piperidine rings is 1. The van der Waals surface area contributed by atoms with Crippen LogP contribution in [-0.2, 0) is 31.1 Å². The van der Waals surface area contributed by atoms with Crippen LogP contribution in [-0.4, -0.2) is 86.7 Å². The third-order valence-electron chi connectivity index (χ3n) is 4.75. The number of rotatable bonds is 4. The molecule has 3 rings (SSSR count). The van der Waals surface area contributed by atoms with Crippen LogP contribution in [0.1, 0.15) is 18.5 Å². The second-order valence-electron chi connectivity index (χ2n) is 6.77. The number of pyridine rings is 1. The molecule has 1 saturated heterocycles. The Labute approximate surface area is 179 Å². The van der Waals surface area contributed by atoms with Crippen molar-refractivity contribution in [1.29, 1.82) is 0 Å². The fraction of sp³-hybridized carbons (Fsp3) is 0.400. The number of likely N-dealkylation sites (tertiary alicyclic amines) is 1. The second-order valence-corrected chi connectivity index (χ2v) is 6.77. The van der Waals surface area contributed by atoms with Gasteiger partial charge < -0.3 is 20.0 Å². The van der Waals surface area contributed by atoms with Crippen LogP contribution in [0.5, 0.6) is 0 Å². The monoisotopic (exact) mass is 433 g/mol. The highest BCUT2D eigenvalue weighted by atomic mass is 16.3. The van der Waals surface area contributed by atoms with E-state index in [1.54, 1.807) is 36.1 Å². The summed E-state index contributed by atoms with van der Waals surface area (Å²) in [6.45, 7) is 0.566. The Morgan fingerprint density at radius 2 is 1.71 bits per heavy atom. The van der Waals surface area contributed by atoms with Crippen LogP contribution in [0.3, 0.4) is 0 Å². The Bertz CT molecular complexity index is 812. The van der Waals surface area contributed by atoms with Crippen LogP contribution < -0.4 is 0 Å². The van der Waals surface area contributed by atoms with Crippen LogP contribution in [0.15, 0.2) is 42.9 Å². The number of nitrogens with zero attached hydrogens (tertiary/aromatic N) is 5. The van der Waals surface area contributed by atoms with Gasteiger partial charge in [-0.3, -0.25) is 28.8 Å². The summed E-state index contributed by atoms with van der Waals surface area (Å²) in [5.41, 5.74) is 0.0511. The topological polar surface area (TPSA) is 146 Å². The van der Waals surface area contributed by atoms with Gasteiger partial charge in [0.2, 0.25) is 11.8 Å². The zero-order chi connectivity index (χ0) is 23.3. The van der Waals surface area contributed by atoms with Crippen molar-refractivity contribution < 1.29 is 29.4 Å². The standard InChI is InChI=1S/C18H23N5O2.2CH2O2/c1-21(2)17(25)18(23-11-5-10-20-23)7-12-22(13-8-18)16(24)14-15-6-3-4-9-19-15;2*2-1-3/h3-6,9-11H,7-8,12-14H2,1-2H3;2*1H,(H,2,3). The number of carbonyl (C=O) groups is 4. The Balaban J connectivity index is 0.000000720. The average Bonchev–Trinajstić information content (AvgIpc) is 3.30. The lowest BCUT2D eigenvalue weighted by Crippen LogP contribution is -2.56. The molecule has 0 aliphatic carbocycles. The summed E-state index contributed by atoms with van der Waals surface area (Å²) >= 11 is 0. The van der Waals surface area contributed by atoms with E-state index in [2.05, 4.69) is 10.1 Å². The van der Waals surface area contributed by atoms with Gasteiger partial charge in [0.25, 0.3) is 12.9 Å². The number of hydrogen-bond donors (Lipinski definition) is 2. The van der Waals surface area contributed by atoms with Gasteiger partial charge in [0.05, 0.1) is 6.42 Å². The van der Waals surface area contributed by atoms with Gasteiger partial charge in [-0.05, 0) is 31.0 Å². The van der Waals surface area contributed by atoms with Gasteiger partial charge in [0, 0.05) is 51.5 Å². The fourth-order valence-corrected chi connectivity index (χ4v) is 3.37. The first-order valence-corrected chi connectivity index (χ1v) is 9.41. The average molecular weight is 433 g/mol. The molecule has 1 aliphatic rings. The molecule has 2 amide bonds. The van der Waals surface area contributed by atoms with Crippen molar-refractivity contribution in [2.75, 3.05) is 27.2 Å². The molecule has 0 radical (unpaired) electrons. The lowest BCUT2D eigenvalue weighted by Gasteiger charge is -2.42. The minimum atomic E-state index is -0.714. The van der Waals surface area contributed by atoms with Crippen LogP contribution in [0.2, 0.25) is 0 Å². The zero-order valence-electron chi connectivity index (χ0n) is 17.5. The molecule has 2 N–H and O–H groups in total. The highest BCUT2D eigenvalue weighted by Gasteiger charge is 2.45. The minimum absolute atomic E-state index is 0.0213.